The van der Waals surface area contributed by atoms with E-state index in [4.69, 9.17) is 4.74 Å². The summed E-state index contributed by atoms with van der Waals surface area (Å²) in [5, 5.41) is 2.48. The van der Waals surface area contributed by atoms with Crippen LogP contribution in [0.2, 0.25) is 0 Å². The van der Waals surface area contributed by atoms with E-state index in [1.165, 1.54) is 31.3 Å². The van der Waals surface area contributed by atoms with Gasteiger partial charge in [0.2, 0.25) is 0 Å². The van der Waals surface area contributed by atoms with E-state index < -0.39 is 16.1 Å². The van der Waals surface area contributed by atoms with Crippen LogP contribution in [0, 0.1) is 3.57 Å². The molecule has 0 spiro atoms. The van der Waals surface area contributed by atoms with Crippen molar-refractivity contribution in [3.8, 4) is 5.75 Å². The zero-order chi connectivity index (χ0) is 17.7. The van der Waals surface area contributed by atoms with Crippen molar-refractivity contribution < 1.29 is 17.9 Å². The van der Waals surface area contributed by atoms with E-state index in [9.17, 15) is 13.2 Å². The molecule has 0 aliphatic heterocycles. The second kappa shape index (κ2) is 7.84. The molecule has 0 aromatic heterocycles. The average Bonchev–Trinajstić information content (AvgIpc) is 2.56. The van der Waals surface area contributed by atoms with Gasteiger partial charge in [0.25, 0.3) is 15.9 Å². The van der Waals surface area contributed by atoms with Gasteiger partial charge < -0.3 is 10.1 Å². The Morgan fingerprint density at radius 2 is 1.67 bits per heavy atom. The van der Waals surface area contributed by atoms with Gasteiger partial charge in [-0.15, -0.1) is 0 Å². The van der Waals surface area contributed by atoms with Crippen LogP contribution in [0.15, 0.2) is 53.4 Å². The summed E-state index contributed by atoms with van der Waals surface area (Å²) in [6.07, 6.45) is -0.664. The molecule has 128 valence electrons. The molecule has 0 radical (unpaired) electrons. The van der Waals surface area contributed by atoms with Gasteiger partial charge in [0.1, 0.15) is 5.75 Å². The summed E-state index contributed by atoms with van der Waals surface area (Å²) in [4.78, 5) is 11.5. The second-order valence-electron chi connectivity index (χ2n) is 4.96. The number of carbonyl (C=O) groups excluding carboxylic acids is 1. The Bertz CT molecular complexity index is 805. The van der Waals surface area contributed by atoms with Crippen LogP contribution < -0.4 is 14.8 Å². The number of benzene rings is 2. The number of amides is 1. The third-order valence-electron chi connectivity index (χ3n) is 3.16. The highest BCUT2D eigenvalue weighted by molar-refractivity contribution is 14.1. The minimum atomic E-state index is -3.68. The Balaban J connectivity index is 2.11. The molecule has 2 N–H and O–H groups in total. The van der Waals surface area contributed by atoms with E-state index in [-0.39, 0.29) is 10.8 Å². The van der Waals surface area contributed by atoms with Crippen molar-refractivity contribution >= 4 is 44.2 Å². The first-order chi connectivity index (χ1) is 11.3. The van der Waals surface area contributed by atoms with Crippen molar-refractivity contribution in [2.24, 2.45) is 0 Å². The van der Waals surface area contributed by atoms with Gasteiger partial charge >= 0.3 is 0 Å². The van der Waals surface area contributed by atoms with Gasteiger partial charge in [0.15, 0.2) is 6.10 Å². The van der Waals surface area contributed by atoms with Crippen LogP contribution in [0.3, 0.4) is 0 Å². The number of halogens is 1. The summed E-state index contributed by atoms with van der Waals surface area (Å²) in [5.41, 5.74) is 0.490. The van der Waals surface area contributed by atoms with Gasteiger partial charge in [0, 0.05) is 16.3 Å². The van der Waals surface area contributed by atoms with Crippen molar-refractivity contribution in [1.29, 1.82) is 0 Å². The largest absolute Gasteiger partial charge is 0.481 e. The van der Waals surface area contributed by atoms with E-state index in [2.05, 4.69) is 32.6 Å². The molecule has 0 aliphatic carbocycles. The molecule has 8 heteroatoms. The van der Waals surface area contributed by atoms with Crippen LogP contribution in [-0.4, -0.2) is 27.5 Å². The molecule has 24 heavy (non-hydrogen) atoms. The predicted octanol–water partition coefficient (Wildman–Crippen LogP) is 2.61. The molecule has 0 saturated carbocycles. The number of ether oxygens (including phenoxy) is 1. The minimum absolute atomic E-state index is 0.112. The fourth-order valence-corrected chi connectivity index (χ4v) is 3.31. The first-order valence-electron chi connectivity index (χ1n) is 7.08. The van der Waals surface area contributed by atoms with E-state index in [0.29, 0.717) is 11.4 Å². The zero-order valence-corrected chi connectivity index (χ0v) is 16.1. The Kier molecular flexibility index (Phi) is 6.05. The fourth-order valence-electron chi connectivity index (χ4n) is 1.89. The predicted molar refractivity (Wildman–Crippen MR) is 101 cm³/mol. The topological polar surface area (TPSA) is 84.5 Å². The van der Waals surface area contributed by atoms with Crippen LogP contribution in [0.25, 0.3) is 0 Å². The molecule has 1 atom stereocenters. The lowest BCUT2D eigenvalue weighted by atomic mass is 10.3. The first-order valence-corrected chi connectivity index (χ1v) is 9.65. The van der Waals surface area contributed by atoms with Crippen molar-refractivity contribution in [3.05, 3.63) is 52.1 Å². The van der Waals surface area contributed by atoms with Gasteiger partial charge in [-0.3, -0.25) is 9.52 Å². The molecular formula is C16H17IN2O4S. The van der Waals surface area contributed by atoms with Gasteiger partial charge in [-0.1, -0.05) is 0 Å². The van der Waals surface area contributed by atoms with Crippen LogP contribution in [0.5, 0.6) is 5.75 Å². The summed E-state index contributed by atoms with van der Waals surface area (Å²) in [6, 6.07) is 12.9. The lowest BCUT2D eigenvalue weighted by Gasteiger charge is -2.13. The quantitative estimate of drug-likeness (QED) is 0.650. The Morgan fingerprint density at radius 1 is 1.08 bits per heavy atom. The second-order valence-corrected chi connectivity index (χ2v) is 7.89. The molecule has 2 aromatic carbocycles. The normalized spacial score (nSPS) is 12.3. The molecule has 2 aromatic rings. The summed E-state index contributed by atoms with van der Waals surface area (Å²) in [5.74, 6) is 0.159. The Labute approximate surface area is 154 Å². The number of hydrogen-bond acceptors (Lipinski definition) is 4. The van der Waals surface area contributed by atoms with Crippen LogP contribution in [0.1, 0.15) is 6.92 Å². The maximum absolute atomic E-state index is 12.4. The molecule has 0 unspecified atom stereocenters. The average molecular weight is 460 g/mol. The zero-order valence-electron chi connectivity index (χ0n) is 13.1. The van der Waals surface area contributed by atoms with Crippen LogP contribution in [0.4, 0.5) is 5.69 Å². The Morgan fingerprint density at radius 3 is 2.21 bits per heavy atom. The number of hydrogen-bond donors (Lipinski definition) is 2. The summed E-state index contributed by atoms with van der Waals surface area (Å²) >= 11 is 2.15. The third kappa shape index (κ3) is 4.84. The van der Waals surface area contributed by atoms with E-state index in [0.717, 1.165) is 3.57 Å². The SMILES string of the molecule is CNC(=O)[C@H](C)Oc1ccc(S(=O)(=O)Nc2ccc(I)cc2)cc1. The maximum Gasteiger partial charge on any atom is 0.261 e. The lowest BCUT2D eigenvalue weighted by molar-refractivity contribution is -0.126. The van der Waals surface area contributed by atoms with E-state index in [1.54, 1.807) is 19.1 Å². The van der Waals surface area contributed by atoms with Gasteiger partial charge in [-0.25, -0.2) is 8.42 Å². The molecular weight excluding hydrogens is 443 g/mol. The molecule has 0 aliphatic rings. The molecule has 0 fully saturated rings. The highest BCUT2D eigenvalue weighted by Crippen LogP contribution is 2.20. The number of rotatable bonds is 6. The molecule has 2 rings (SSSR count). The van der Waals surface area contributed by atoms with Gasteiger partial charge in [0.05, 0.1) is 4.90 Å². The smallest absolute Gasteiger partial charge is 0.261 e. The lowest BCUT2D eigenvalue weighted by Crippen LogP contribution is -2.33. The monoisotopic (exact) mass is 460 g/mol. The van der Waals surface area contributed by atoms with Crippen molar-refractivity contribution in [2.75, 3.05) is 11.8 Å². The number of anilines is 1. The van der Waals surface area contributed by atoms with Gasteiger partial charge in [-0.05, 0) is 78.0 Å². The number of carbonyl (C=O) groups is 1. The van der Waals surface area contributed by atoms with Crippen molar-refractivity contribution in [3.63, 3.8) is 0 Å². The standard InChI is InChI=1S/C16H17IN2O4S/c1-11(16(20)18-2)23-14-7-9-15(10-8-14)24(21,22)19-13-5-3-12(17)4-6-13/h3-11,19H,1-2H3,(H,18,20)/t11-/m0/s1. The van der Waals surface area contributed by atoms with Crippen LogP contribution in [-0.2, 0) is 14.8 Å². The molecule has 0 bridgehead atoms. The molecule has 1 amide bonds. The third-order valence-corrected chi connectivity index (χ3v) is 5.28. The summed E-state index contributed by atoms with van der Waals surface area (Å²) in [7, 11) is -2.16. The first kappa shape index (κ1) is 18.5. The summed E-state index contributed by atoms with van der Waals surface area (Å²) < 4.78 is 33.7. The minimum Gasteiger partial charge on any atom is -0.481 e. The number of sulfonamides is 1. The highest BCUT2D eigenvalue weighted by atomic mass is 127. The van der Waals surface area contributed by atoms with Crippen molar-refractivity contribution in [1.82, 2.24) is 5.32 Å². The molecule has 0 saturated heterocycles. The van der Waals surface area contributed by atoms with E-state index in [1.807, 2.05) is 12.1 Å². The fraction of sp³-hybridized carbons (Fsp3) is 0.188. The summed E-state index contributed by atoms with van der Waals surface area (Å²) in [6.45, 7) is 1.61. The number of nitrogens with one attached hydrogen (secondary N) is 2. The number of likely N-dealkylation sites (N-methyl/N-ethyl adjacent to an activating group) is 1. The molecule has 0 heterocycles. The van der Waals surface area contributed by atoms with Gasteiger partial charge in [-0.2, -0.15) is 0 Å². The highest BCUT2D eigenvalue weighted by Gasteiger charge is 2.16. The Hall–Kier alpha value is -1.81. The van der Waals surface area contributed by atoms with E-state index >= 15 is 0 Å². The van der Waals surface area contributed by atoms with Crippen LogP contribution >= 0.6 is 22.6 Å². The molecule has 6 nitrogen and oxygen atoms in total. The van der Waals surface area contributed by atoms with Crippen molar-refractivity contribution in [2.45, 2.75) is 17.9 Å². The maximum atomic E-state index is 12.4.